The van der Waals surface area contributed by atoms with Crippen LogP contribution in [0.4, 0.5) is 0 Å². The summed E-state index contributed by atoms with van der Waals surface area (Å²) < 4.78 is 7.74. The Bertz CT molecular complexity index is 912. The van der Waals surface area contributed by atoms with E-state index in [0.717, 1.165) is 28.6 Å². The Morgan fingerprint density at radius 1 is 1.19 bits per heavy atom. The van der Waals surface area contributed by atoms with Crippen LogP contribution < -0.4 is 9.84 Å². The lowest BCUT2D eigenvalue weighted by Crippen LogP contribution is -2.31. The first kappa shape index (κ1) is 19.0. The van der Waals surface area contributed by atoms with E-state index >= 15 is 0 Å². The van der Waals surface area contributed by atoms with E-state index in [1.165, 1.54) is 0 Å². The number of carboxylic acid groups (broad SMARTS) is 1. The average Bonchev–Trinajstić information content (AvgIpc) is 3.02. The smallest absolute Gasteiger partial charge is 0.192 e. The molecule has 0 aliphatic carbocycles. The van der Waals surface area contributed by atoms with Crippen LogP contribution in [-0.4, -0.2) is 26.0 Å². The highest BCUT2D eigenvalue weighted by molar-refractivity contribution is 8.00. The van der Waals surface area contributed by atoms with Crippen molar-refractivity contribution in [2.24, 2.45) is 0 Å². The number of thioether (sulfide) groups is 1. The molecule has 2 aromatic carbocycles. The molecule has 0 aliphatic rings. The van der Waals surface area contributed by atoms with E-state index in [-0.39, 0.29) is 6.61 Å². The molecule has 1 atom stereocenters. The average molecular weight is 382 g/mol. The topological polar surface area (TPSA) is 80.1 Å². The van der Waals surface area contributed by atoms with Gasteiger partial charge in [0.05, 0.1) is 12.5 Å². The molecule has 1 aromatic heterocycles. The fourth-order valence-electron chi connectivity index (χ4n) is 2.50. The zero-order valence-electron chi connectivity index (χ0n) is 15.2. The summed E-state index contributed by atoms with van der Waals surface area (Å²) in [6.45, 7) is 4.34. The fraction of sp³-hybridized carbons (Fsp3) is 0.250. The zero-order chi connectivity index (χ0) is 19.2. The molecule has 27 heavy (non-hydrogen) atoms. The third-order valence-electron chi connectivity index (χ3n) is 3.95. The quantitative estimate of drug-likeness (QED) is 0.557. The number of aryl methyl sites for hydroxylation is 1. The van der Waals surface area contributed by atoms with Crippen molar-refractivity contribution < 1.29 is 14.6 Å². The number of carboxylic acids is 1. The first-order chi connectivity index (χ1) is 13.0. The van der Waals surface area contributed by atoms with Gasteiger partial charge >= 0.3 is 0 Å². The lowest BCUT2D eigenvalue weighted by Gasteiger charge is -2.14. The Kier molecular flexibility index (Phi) is 6.13. The lowest BCUT2D eigenvalue weighted by atomic mass is 10.2. The Morgan fingerprint density at radius 2 is 1.96 bits per heavy atom. The fourth-order valence-corrected chi connectivity index (χ4v) is 3.29. The minimum absolute atomic E-state index is 0.240. The highest BCUT2D eigenvalue weighted by atomic mass is 32.2. The molecule has 0 amide bonds. The van der Waals surface area contributed by atoms with Gasteiger partial charge in [0.1, 0.15) is 12.4 Å². The molecule has 3 rings (SSSR count). The number of hydrogen-bond acceptors (Lipinski definition) is 6. The van der Waals surface area contributed by atoms with Gasteiger partial charge in [-0.2, -0.15) is 0 Å². The summed E-state index contributed by atoms with van der Waals surface area (Å²) in [5.41, 5.74) is 2.18. The summed E-state index contributed by atoms with van der Waals surface area (Å²) in [5, 5.41) is 19.3. The van der Waals surface area contributed by atoms with Gasteiger partial charge in [0.2, 0.25) is 0 Å². The van der Waals surface area contributed by atoms with Gasteiger partial charge in [0, 0.05) is 5.25 Å². The maximum atomic E-state index is 11.1. The minimum Gasteiger partial charge on any atom is -0.549 e. The standard InChI is InChI=1S/C20H21N3O3S/c1-14-7-6-10-17(11-14)26-13-18-21-22-20(27-15(2)19(24)25)23(18)12-16-8-4-3-5-9-16/h3-11,15H,12-13H2,1-2H3,(H,24,25)/p-1/t15-/m1/s1. The Labute approximate surface area is 162 Å². The predicted molar refractivity (Wildman–Crippen MR) is 101 cm³/mol. The number of benzene rings is 2. The van der Waals surface area contributed by atoms with E-state index in [0.29, 0.717) is 17.5 Å². The number of carbonyl (C=O) groups is 1. The zero-order valence-corrected chi connectivity index (χ0v) is 16.0. The van der Waals surface area contributed by atoms with E-state index in [9.17, 15) is 9.90 Å². The molecule has 140 valence electrons. The molecule has 0 saturated carbocycles. The van der Waals surface area contributed by atoms with E-state index in [1.807, 2.05) is 66.1 Å². The Hall–Kier alpha value is -2.80. The van der Waals surface area contributed by atoms with Crippen LogP contribution >= 0.6 is 11.8 Å². The van der Waals surface area contributed by atoms with Crippen LogP contribution in [0.2, 0.25) is 0 Å². The van der Waals surface area contributed by atoms with Crippen LogP contribution in [0.15, 0.2) is 59.8 Å². The van der Waals surface area contributed by atoms with Gasteiger partial charge in [-0.15, -0.1) is 10.2 Å². The number of rotatable bonds is 8. The third kappa shape index (κ3) is 5.10. The summed E-state index contributed by atoms with van der Waals surface area (Å²) in [4.78, 5) is 11.1. The normalized spacial score (nSPS) is 11.9. The number of carbonyl (C=O) groups excluding carboxylic acids is 1. The molecule has 6 nitrogen and oxygen atoms in total. The van der Waals surface area contributed by atoms with Crippen LogP contribution in [0.5, 0.6) is 5.75 Å². The van der Waals surface area contributed by atoms with Crippen LogP contribution in [0.3, 0.4) is 0 Å². The van der Waals surface area contributed by atoms with Crippen molar-refractivity contribution in [3.8, 4) is 5.75 Å². The van der Waals surface area contributed by atoms with E-state index in [4.69, 9.17) is 4.74 Å². The minimum atomic E-state index is -1.13. The second-order valence-corrected chi connectivity index (χ2v) is 7.46. The van der Waals surface area contributed by atoms with Gasteiger partial charge in [0.15, 0.2) is 11.0 Å². The molecular weight excluding hydrogens is 362 g/mol. The van der Waals surface area contributed by atoms with Crippen molar-refractivity contribution in [2.45, 2.75) is 37.4 Å². The first-order valence-electron chi connectivity index (χ1n) is 8.56. The van der Waals surface area contributed by atoms with Crippen LogP contribution in [0.1, 0.15) is 23.9 Å². The second kappa shape index (κ2) is 8.73. The van der Waals surface area contributed by atoms with Crippen molar-refractivity contribution in [1.29, 1.82) is 0 Å². The second-order valence-electron chi connectivity index (χ2n) is 6.15. The van der Waals surface area contributed by atoms with Crippen LogP contribution in [0.25, 0.3) is 0 Å². The van der Waals surface area contributed by atoms with Crippen molar-refractivity contribution in [3.05, 3.63) is 71.5 Å². The number of aromatic nitrogens is 3. The molecule has 7 heteroatoms. The molecule has 1 heterocycles. The summed E-state index contributed by atoms with van der Waals surface area (Å²) in [6.07, 6.45) is 0. The number of hydrogen-bond donors (Lipinski definition) is 0. The number of ether oxygens (including phenoxy) is 1. The van der Waals surface area contributed by atoms with Gasteiger partial charge in [-0.05, 0) is 37.1 Å². The van der Waals surface area contributed by atoms with Crippen molar-refractivity contribution >= 4 is 17.7 Å². The van der Waals surface area contributed by atoms with Gasteiger partial charge < -0.3 is 14.6 Å². The molecule has 0 N–H and O–H groups in total. The van der Waals surface area contributed by atoms with Crippen molar-refractivity contribution in [1.82, 2.24) is 14.8 Å². The Morgan fingerprint density at radius 3 is 2.67 bits per heavy atom. The molecule has 0 fully saturated rings. The molecule has 0 bridgehead atoms. The van der Waals surface area contributed by atoms with Crippen LogP contribution in [0, 0.1) is 6.92 Å². The molecular formula is C20H20N3O3S-. The SMILES string of the molecule is Cc1cccc(OCc2nnc(S[C@H](C)C(=O)[O-])n2Cc2ccccc2)c1. The monoisotopic (exact) mass is 382 g/mol. The maximum absolute atomic E-state index is 11.1. The van der Waals surface area contributed by atoms with Crippen molar-refractivity contribution in [2.75, 3.05) is 0 Å². The summed E-state index contributed by atoms with van der Waals surface area (Å²) in [5.74, 6) is 0.252. The predicted octanol–water partition coefficient (Wildman–Crippen LogP) is 2.44. The molecule has 3 aromatic rings. The van der Waals surface area contributed by atoms with Crippen LogP contribution in [-0.2, 0) is 17.9 Å². The maximum Gasteiger partial charge on any atom is 0.192 e. The van der Waals surface area contributed by atoms with E-state index in [1.54, 1.807) is 6.92 Å². The number of nitrogens with zero attached hydrogens (tertiary/aromatic N) is 3. The summed E-state index contributed by atoms with van der Waals surface area (Å²) in [6, 6.07) is 17.6. The molecule has 0 radical (unpaired) electrons. The molecule has 0 aliphatic heterocycles. The summed E-state index contributed by atoms with van der Waals surface area (Å²) >= 11 is 1.11. The van der Waals surface area contributed by atoms with E-state index in [2.05, 4.69) is 10.2 Å². The van der Waals surface area contributed by atoms with Gasteiger partial charge in [-0.25, -0.2) is 0 Å². The molecule has 0 saturated heterocycles. The largest absolute Gasteiger partial charge is 0.549 e. The Balaban J connectivity index is 1.83. The highest BCUT2D eigenvalue weighted by Crippen LogP contribution is 2.24. The van der Waals surface area contributed by atoms with Gasteiger partial charge in [-0.1, -0.05) is 54.2 Å². The van der Waals surface area contributed by atoms with Gasteiger partial charge in [0.25, 0.3) is 0 Å². The molecule has 0 unspecified atom stereocenters. The van der Waals surface area contributed by atoms with Gasteiger partial charge in [-0.3, -0.25) is 4.57 Å². The van der Waals surface area contributed by atoms with Crippen molar-refractivity contribution in [3.63, 3.8) is 0 Å². The third-order valence-corrected chi connectivity index (χ3v) is 5.01. The number of aliphatic carboxylic acids is 1. The lowest BCUT2D eigenvalue weighted by molar-refractivity contribution is -0.304. The first-order valence-corrected chi connectivity index (χ1v) is 9.44. The summed E-state index contributed by atoms with van der Waals surface area (Å²) in [7, 11) is 0. The molecule has 0 spiro atoms. The highest BCUT2D eigenvalue weighted by Gasteiger charge is 2.17. The van der Waals surface area contributed by atoms with E-state index < -0.39 is 11.2 Å².